The van der Waals surface area contributed by atoms with Gasteiger partial charge in [0.15, 0.2) is 0 Å². The minimum absolute atomic E-state index is 0.373. The second-order valence-electron chi connectivity index (χ2n) is 8.67. The van der Waals surface area contributed by atoms with Crippen LogP contribution in [0.5, 0.6) is 0 Å². The lowest BCUT2D eigenvalue weighted by Crippen LogP contribution is -2.35. The summed E-state index contributed by atoms with van der Waals surface area (Å²) in [4.78, 5) is 11.3. The van der Waals surface area contributed by atoms with Crippen LogP contribution in [0, 0.1) is 24.5 Å². The molecule has 0 saturated carbocycles. The van der Waals surface area contributed by atoms with Crippen LogP contribution in [0.1, 0.15) is 42.3 Å². The van der Waals surface area contributed by atoms with Gasteiger partial charge in [-0.25, -0.2) is 8.78 Å². The molecule has 1 aliphatic rings. The van der Waals surface area contributed by atoms with Gasteiger partial charge >= 0.3 is 0 Å². The minimum atomic E-state index is -0.530. The monoisotopic (exact) mass is 448 g/mol. The molecule has 0 atom stereocenters. The largest absolute Gasteiger partial charge is 0.370 e. The molecule has 172 valence electrons. The molecule has 33 heavy (non-hydrogen) atoms. The molecule has 1 fully saturated rings. The molecule has 4 nitrogen and oxygen atoms in total. The van der Waals surface area contributed by atoms with Gasteiger partial charge in [-0.3, -0.25) is 9.97 Å². The zero-order chi connectivity index (χ0) is 23.4. The van der Waals surface area contributed by atoms with Crippen molar-refractivity contribution in [2.45, 2.75) is 39.5 Å². The third kappa shape index (κ3) is 5.38. The van der Waals surface area contributed by atoms with Crippen LogP contribution < -0.4 is 10.2 Å². The van der Waals surface area contributed by atoms with Crippen molar-refractivity contribution in [2.24, 2.45) is 5.92 Å². The minimum Gasteiger partial charge on any atom is -0.370 e. The Morgan fingerprint density at radius 2 is 1.94 bits per heavy atom. The van der Waals surface area contributed by atoms with E-state index in [1.54, 1.807) is 12.3 Å². The number of aromatic nitrogens is 2. The summed E-state index contributed by atoms with van der Waals surface area (Å²) < 4.78 is 27.3. The standard InChI is InChI=1S/C27H30F2N4/c1-4-25-23(6-5-11-30-25)19(3)32-26-17-31-18(2)14-27(26)33-12-9-20(10-13-33)15-21-7-8-22(28)16-24(21)29/h5-8,11,14,16-17,20,32H,3-4,9-10,12-13,15H2,1-2H3. The molecule has 0 unspecified atom stereocenters. The number of anilines is 2. The van der Waals surface area contributed by atoms with E-state index in [0.29, 0.717) is 17.9 Å². The first-order chi connectivity index (χ1) is 15.9. The molecule has 3 aromatic rings. The van der Waals surface area contributed by atoms with Gasteiger partial charge in [-0.1, -0.05) is 19.6 Å². The fourth-order valence-corrected chi connectivity index (χ4v) is 4.50. The van der Waals surface area contributed by atoms with Crippen molar-refractivity contribution < 1.29 is 8.78 Å². The number of benzene rings is 1. The van der Waals surface area contributed by atoms with Crippen LogP contribution in [0.25, 0.3) is 5.70 Å². The molecule has 0 bridgehead atoms. The summed E-state index contributed by atoms with van der Waals surface area (Å²) in [6.45, 7) is 10.1. The summed E-state index contributed by atoms with van der Waals surface area (Å²) >= 11 is 0. The first-order valence-corrected chi connectivity index (χ1v) is 11.5. The predicted octanol–water partition coefficient (Wildman–Crippen LogP) is 6.17. The number of hydrogen-bond acceptors (Lipinski definition) is 4. The number of pyridine rings is 2. The summed E-state index contributed by atoms with van der Waals surface area (Å²) in [6.07, 6.45) is 7.02. The van der Waals surface area contributed by atoms with Crippen molar-refractivity contribution in [3.05, 3.63) is 89.5 Å². The number of aryl methyl sites for hydroxylation is 2. The third-order valence-electron chi connectivity index (χ3n) is 6.33. The number of hydrogen-bond donors (Lipinski definition) is 1. The topological polar surface area (TPSA) is 41.1 Å². The number of piperidine rings is 1. The smallest absolute Gasteiger partial charge is 0.129 e. The molecule has 0 spiro atoms. The fourth-order valence-electron chi connectivity index (χ4n) is 4.50. The zero-order valence-electron chi connectivity index (χ0n) is 19.2. The van der Waals surface area contributed by atoms with E-state index in [0.717, 1.165) is 72.4 Å². The maximum atomic E-state index is 14.1. The van der Waals surface area contributed by atoms with Gasteiger partial charge in [0.2, 0.25) is 0 Å². The summed E-state index contributed by atoms with van der Waals surface area (Å²) in [5.74, 6) is -0.606. The Morgan fingerprint density at radius 1 is 1.15 bits per heavy atom. The van der Waals surface area contributed by atoms with Gasteiger partial charge in [-0.15, -0.1) is 0 Å². The van der Waals surface area contributed by atoms with Crippen molar-refractivity contribution in [1.29, 1.82) is 0 Å². The number of rotatable bonds is 7. The Bertz CT molecular complexity index is 1140. The average Bonchev–Trinajstić information content (AvgIpc) is 2.82. The highest BCUT2D eigenvalue weighted by Crippen LogP contribution is 2.33. The highest BCUT2D eigenvalue weighted by atomic mass is 19.1. The SMILES string of the molecule is C=C(Nc1cnc(C)cc1N1CCC(Cc2ccc(F)cc2F)CC1)c1cccnc1CC. The molecule has 1 aromatic carbocycles. The molecular formula is C27H30F2N4. The van der Waals surface area contributed by atoms with E-state index in [-0.39, 0.29) is 0 Å². The molecule has 3 heterocycles. The Hall–Kier alpha value is -3.28. The molecule has 6 heteroatoms. The Kier molecular flexibility index (Phi) is 7.02. The molecule has 1 aliphatic heterocycles. The molecule has 1 N–H and O–H groups in total. The highest BCUT2D eigenvalue weighted by Gasteiger charge is 2.23. The van der Waals surface area contributed by atoms with Crippen LogP contribution in [0.3, 0.4) is 0 Å². The number of nitrogens with one attached hydrogen (secondary N) is 1. The third-order valence-corrected chi connectivity index (χ3v) is 6.33. The van der Waals surface area contributed by atoms with Crippen molar-refractivity contribution in [2.75, 3.05) is 23.3 Å². The van der Waals surface area contributed by atoms with Crippen LogP contribution in [0.4, 0.5) is 20.2 Å². The van der Waals surface area contributed by atoms with Crippen LogP contribution in [0.15, 0.2) is 55.4 Å². The molecule has 1 saturated heterocycles. The normalized spacial score (nSPS) is 14.4. The first-order valence-electron chi connectivity index (χ1n) is 11.5. The van der Waals surface area contributed by atoms with E-state index in [4.69, 9.17) is 0 Å². The summed E-state index contributed by atoms with van der Waals surface area (Å²) in [6, 6.07) is 9.93. The van der Waals surface area contributed by atoms with Gasteiger partial charge in [-0.05, 0) is 68.4 Å². The Balaban J connectivity index is 1.46. The number of nitrogens with zero attached hydrogens (tertiary/aromatic N) is 3. The van der Waals surface area contributed by atoms with Crippen LogP contribution in [0.2, 0.25) is 0 Å². The molecule has 0 aliphatic carbocycles. The van der Waals surface area contributed by atoms with Gasteiger partial charge in [-0.2, -0.15) is 0 Å². The van der Waals surface area contributed by atoms with E-state index in [1.165, 1.54) is 6.07 Å². The van der Waals surface area contributed by atoms with E-state index < -0.39 is 11.6 Å². The van der Waals surface area contributed by atoms with Crippen molar-refractivity contribution >= 4 is 17.1 Å². The van der Waals surface area contributed by atoms with Crippen molar-refractivity contribution in [1.82, 2.24) is 9.97 Å². The lowest BCUT2D eigenvalue weighted by atomic mass is 9.89. The summed E-state index contributed by atoms with van der Waals surface area (Å²) in [7, 11) is 0. The van der Waals surface area contributed by atoms with Gasteiger partial charge in [0.25, 0.3) is 0 Å². The Morgan fingerprint density at radius 3 is 2.67 bits per heavy atom. The summed E-state index contributed by atoms with van der Waals surface area (Å²) in [5.41, 5.74) is 6.37. The maximum Gasteiger partial charge on any atom is 0.129 e. The van der Waals surface area contributed by atoms with Gasteiger partial charge in [0.1, 0.15) is 11.6 Å². The van der Waals surface area contributed by atoms with Crippen LogP contribution in [-0.4, -0.2) is 23.1 Å². The van der Waals surface area contributed by atoms with E-state index in [9.17, 15) is 8.78 Å². The molecule has 0 radical (unpaired) electrons. The van der Waals surface area contributed by atoms with E-state index in [2.05, 4.69) is 39.8 Å². The highest BCUT2D eigenvalue weighted by molar-refractivity contribution is 5.82. The summed E-state index contributed by atoms with van der Waals surface area (Å²) in [5, 5.41) is 3.47. The van der Waals surface area contributed by atoms with Gasteiger partial charge in [0.05, 0.1) is 17.6 Å². The second-order valence-corrected chi connectivity index (χ2v) is 8.67. The lowest BCUT2D eigenvalue weighted by Gasteiger charge is -2.35. The quantitative estimate of drug-likeness (QED) is 0.469. The lowest BCUT2D eigenvalue weighted by molar-refractivity contribution is 0.397. The van der Waals surface area contributed by atoms with Crippen LogP contribution in [-0.2, 0) is 12.8 Å². The predicted molar refractivity (Wildman–Crippen MR) is 130 cm³/mol. The molecule has 0 amide bonds. The van der Waals surface area contributed by atoms with Gasteiger partial charge < -0.3 is 10.2 Å². The maximum absolute atomic E-state index is 14.1. The molecular weight excluding hydrogens is 418 g/mol. The number of halogens is 2. The van der Waals surface area contributed by atoms with Crippen molar-refractivity contribution in [3.63, 3.8) is 0 Å². The second kappa shape index (κ2) is 10.1. The average molecular weight is 449 g/mol. The van der Waals surface area contributed by atoms with Crippen molar-refractivity contribution in [3.8, 4) is 0 Å². The molecule has 4 rings (SSSR count). The Labute approximate surface area is 194 Å². The fraction of sp³-hybridized carbons (Fsp3) is 0.333. The zero-order valence-corrected chi connectivity index (χ0v) is 19.2. The molecule has 2 aromatic heterocycles. The van der Waals surface area contributed by atoms with E-state index in [1.807, 2.05) is 25.3 Å². The van der Waals surface area contributed by atoms with E-state index >= 15 is 0 Å². The van der Waals surface area contributed by atoms with Gasteiger partial charge in [0, 0.05) is 48.0 Å². The first kappa shape index (κ1) is 22.9. The van der Waals surface area contributed by atoms with Crippen LogP contribution >= 0.6 is 0 Å².